The smallest absolute Gasteiger partial charge is 0.259 e. The molecule has 1 aliphatic carbocycles. The number of hydrogen-bond donors (Lipinski definition) is 2. The number of aryl methyl sites for hydroxylation is 2. The van der Waals surface area contributed by atoms with Crippen molar-refractivity contribution < 1.29 is 0 Å². The fourth-order valence-electron chi connectivity index (χ4n) is 4.19. The zero-order chi connectivity index (χ0) is 19.7. The summed E-state index contributed by atoms with van der Waals surface area (Å²) >= 11 is 1.72. The molecule has 28 heavy (non-hydrogen) atoms. The first-order valence-electron chi connectivity index (χ1n) is 10.4. The Bertz CT molecular complexity index is 1010. The summed E-state index contributed by atoms with van der Waals surface area (Å²) in [4.78, 5) is 23.0. The summed E-state index contributed by atoms with van der Waals surface area (Å²) in [6, 6.07) is 10.9. The monoisotopic (exact) mass is 395 g/mol. The highest BCUT2D eigenvalue weighted by Gasteiger charge is 2.24. The number of hydrogen-bond acceptors (Lipinski definition) is 4. The number of aromatic nitrogens is 2. The van der Waals surface area contributed by atoms with E-state index in [0.717, 1.165) is 48.1 Å². The van der Waals surface area contributed by atoms with Crippen molar-refractivity contribution in [1.82, 2.24) is 15.3 Å². The predicted octanol–water partition coefficient (Wildman–Crippen LogP) is 4.78. The third kappa shape index (κ3) is 4.06. The van der Waals surface area contributed by atoms with Gasteiger partial charge in [0, 0.05) is 10.9 Å². The van der Waals surface area contributed by atoms with E-state index in [1.807, 2.05) is 0 Å². The quantitative estimate of drug-likeness (QED) is 0.631. The van der Waals surface area contributed by atoms with Gasteiger partial charge in [-0.25, -0.2) is 4.98 Å². The molecule has 2 N–H and O–H groups in total. The van der Waals surface area contributed by atoms with Gasteiger partial charge in [0.05, 0.1) is 11.4 Å². The Hall–Kier alpha value is -1.98. The Morgan fingerprint density at radius 3 is 2.86 bits per heavy atom. The minimum absolute atomic E-state index is 0.0147. The zero-order valence-electron chi connectivity index (χ0n) is 16.9. The van der Waals surface area contributed by atoms with Gasteiger partial charge in [-0.3, -0.25) is 4.79 Å². The van der Waals surface area contributed by atoms with Gasteiger partial charge in [-0.1, -0.05) is 37.3 Å². The van der Waals surface area contributed by atoms with Crippen LogP contribution in [0.5, 0.6) is 0 Å². The Morgan fingerprint density at radius 1 is 1.29 bits per heavy atom. The Balaban J connectivity index is 1.48. The molecule has 4 nitrogen and oxygen atoms in total. The van der Waals surface area contributed by atoms with E-state index in [1.54, 1.807) is 11.3 Å². The predicted molar refractivity (Wildman–Crippen MR) is 117 cm³/mol. The summed E-state index contributed by atoms with van der Waals surface area (Å²) in [5.41, 5.74) is 2.63. The Labute approximate surface area is 170 Å². The molecule has 3 aromatic rings. The van der Waals surface area contributed by atoms with Gasteiger partial charge >= 0.3 is 0 Å². The lowest BCUT2D eigenvalue weighted by molar-refractivity contribution is 0.443. The summed E-state index contributed by atoms with van der Waals surface area (Å²) in [5, 5.41) is 4.43. The van der Waals surface area contributed by atoms with Crippen LogP contribution in [0.3, 0.4) is 0 Å². The molecule has 0 bridgehead atoms. The minimum atomic E-state index is 0.0147. The lowest BCUT2D eigenvalue weighted by Gasteiger charge is -2.19. The molecule has 0 amide bonds. The summed E-state index contributed by atoms with van der Waals surface area (Å²) in [5.74, 6) is 1.45. The number of nitrogens with one attached hydrogen (secondary N) is 2. The van der Waals surface area contributed by atoms with E-state index in [-0.39, 0.29) is 11.6 Å². The van der Waals surface area contributed by atoms with E-state index < -0.39 is 0 Å². The topological polar surface area (TPSA) is 57.8 Å². The molecular weight excluding hydrogens is 366 g/mol. The maximum atomic E-state index is 12.8. The fourth-order valence-corrected chi connectivity index (χ4v) is 5.58. The standard InChI is InChI=1S/C23H29N3OS/c1-14-9-12-18-19(13-14)28-23-20(18)22(27)25-21(26-23)16(3)24-15(2)10-11-17-7-5-4-6-8-17/h4-8,14-16,24H,9-13H2,1-3H3,(H,25,26,27)/t14-,15+,16-/m1/s1. The molecule has 0 saturated carbocycles. The molecule has 0 unspecified atom stereocenters. The van der Waals surface area contributed by atoms with Gasteiger partial charge in [-0.2, -0.15) is 0 Å². The van der Waals surface area contributed by atoms with Gasteiger partial charge in [0.1, 0.15) is 10.7 Å². The van der Waals surface area contributed by atoms with Gasteiger partial charge in [-0.15, -0.1) is 11.3 Å². The van der Waals surface area contributed by atoms with Crippen molar-refractivity contribution >= 4 is 21.6 Å². The van der Waals surface area contributed by atoms with Gasteiger partial charge in [0.25, 0.3) is 5.56 Å². The van der Waals surface area contributed by atoms with Crippen molar-refractivity contribution in [3.63, 3.8) is 0 Å². The molecule has 0 saturated heterocycles. The fraction of sp³-hybridized carbons (Fsp3) is 0.478. The van der Waals surface area contributed by atoms with E-state index in [0.29, 0.717) is 12.0 Å². The van der Waals surface area contributed by atoms with Crippen molar-refractivity contribution in [3.05, 3.63) is 62.5 Å². The van der Waals surface area contributed by atoms with Crippen LogP contribution >= 0.6 is 11.3 Å². The van der Waals surface area contributed by atoms with Crippen LogP contribution in [0.15, 0.2) is 35.1 Å². The summed E-state index contributed by atoms with van der Waals surface area (Å²) in [6.45, 7) is 6.57. The second-order valence-electron chi connectivity index (χ2n) is 8.30. The highest BCUT2D eigenvalue weighted by Crippen LogP contribution is 2.35. The molecule has 5 heteroatoms. The zero-order valence-corrected chi connectivity index (χ0v) is 17.7. The van der Waals surface area contributed by atoms with Crippen molar-refractivity contribution in [2.24, 2.45) is 5.92 Å². The maximum absolute atomic E-state index is 12.8. The number of benzene rings is 1. The third-order valence-electron chi connectivity index (χ3n) is 5.84. The molecule has 0 fully saturated rings. The molecule has 4 rings (SSSR count). The lowest BCUT2D eigenvalue weighted by atomic mass is 9.89. The lowest BCUT2D eigenvalue weighted by Crippen LogP contribution is -2.31. The molecular formula is C23H29N3OS. The molecule has 0 radical (unpaired) electrons. The van der Waals surface area contributed by atoms with Crippen molar-refractivity contribution in [2.45, 2.75) is 65.0 Å². The molecule has 1 aliphatic rings. The van der Waals surface area contributed by atoms with Crippen LogP contribution < -0.4 is 10.9 Å². The number of fused-ring (bicyclic) bond motifs is 3. The average molecular weight is 396 g/mol. The number of thiophene rings is 1. The highest BCUT2D eigenvalue weighted by atomic mass is 32.1. The molecule has 1 aromatic carbocycles. The average Bonchev–Trinajstić information content (AvgIpc) is 3.05. The van der Waals surface area contributed by atoms with E-state index in [4.69, 9.17) is 4.98 Å². The SMILES string of the molecule is C[C@@H]1CCc2c(sc3nc([C@@H](C)N[C@@H](C)CCc4ccccc4)[nH]c(=O)c23)C1. The second-order valence-corrected chi connectivity index (χ2v) is 9.38. The molecule has 2 aromatic heterocycles. The largest absolute Gasteiger partial charge is 0.309 e. The first-order chi connectivity index (χ1) is 13.5. The second kappa shape index (κ2) is 8.18. The molecule has 0 aliphatic heterocycles. The highest BCUT2D eigenvalue weighted by molar-refractivity contribution is 7.18. The van der Waals surface area contributed by atoms with Crippen LogP contribution in [0, 0.1) is 5.92 Å². The first-order valence-corrected chi connectivity index (χ1v) is 11.2. The van der Waals surface area contributed by atoms with Gasteiger partial charge in [-0.05, 0) is 63.0 Å². The number of nitrogens with zero attached hydrogens (tertiary/aromatic N) is 1. The number of rotatable bonds is 6. The van der Waals surface area contributed by atoms with Gasteiger partial charge in [0.15, 0.2) is 0 Å². The van der Waals surface area contributed by atoms with E-state index in [1.165, 1.54) is 16.0 Å². The summed E-state index contributed by atoms with van der Waals surface area (Å²) in [6.07, 6.45) is 5.34. The third-order valence-corrected chi connectivity index (χ3v) is 6.99. The molecule has 2 heterocycles. The van der Waals surface area contributed by atoms with Crippen molar-refractivity contribution in [3.8, 4) is 0 Å². The summed E-state index contributed by atoms with van der Waals surface area (Å²) < 4.78 is 0. The normalized spacial score (nSPS) is 18.8. The minimum Gasteiger partial charge on any atom is -0.309 e. The van der Waals surface area contributed by atoms with E-state index in [9.17, 15) is 4.79 Å². The maximum Gasteiger partial charge on any atom is 0.259 e. The molecule has 0 spiro atoms. The van der Waals surface area contributed by atoms with Crippen LogP contribution in [0.25, 0.3) is 10.2 Å². The van der Waals surface area contributed by atoms with Gasteiger partial charge < -0.3 is 10.3 Å². The molecule has 148 valence electrons. The van der Waals surface area contributed by atoms with E-state index in [2.05, 4.69) is 61.4 Å². The van der Waals surface area contributed by atoms with Crippen LogP contribution in [-0.4, -0.2) is 16.0 Å². The van der Waals surface area contributed by atoms with Crippen molar-refractivity contribution in [1.29, 1.82) is 0 Å². The Kier molecular flexibility index (Phi) is 5.65. The molecule has 3 atom stereocenters. The number of H-pyrrole nitrogens is 1. The van der Waals surface area contributed by atoms with Crippen LogP contribution in [0.1, 0.15) is 61.5 Å². The van der Waals surface area contributed by atoms with Crippen molar-refractivity contribution in [2.75, 3.05) is 0 Å². The van der Waals surface area contributed by atoms with E-state index >= 15 is 0 Å². The van der Waals surface area contributed by atoms with Crippen LogP contribution in [-0.2, 0) is 19.3 Å². The number of aromatic amines is 1. The van der Waals surface area contributed by atoms with Crippen LogP contribution in [0.4, 0.5) is 0 Å². The first kappa shape index (κ1) is 19.3. The Morgan fingerprint density at radius 2 is 2.07 bits per heavy atom. The van der Waals surface area contributed by atoms with Crippen LogP contribution in [0.2, 0.25) is 0 Å². The summed E-state index contributed by atoms with van der Waals surface area (Å²) in [7, 11) is 0. The van der Waals surface area contributed by atoms with Gasteiger partial charge in [0.2, 0.25) is 0 Å².